The molecule has 0 saturated heterocycles. The van der Waals surface area contributed by atoms with Crippen molar-refractivity contribution in [1.82, 2.24) is 10.1 Å². The lowest BCUT2D eigenvalue weighted by Crippen LogP contribution is -2.35. The van der Waals surface area contributed by atoms with Gasteiger partial charge in [0.05, 0.1) is 6.04 Å². The number of halogens is 1. The zero-order chi connectivity index (χ0) is 15.9. The number of amides is 1. The summed E-state index contributed by atoms with van der Waals surface area (Å²) in [5, 5.41) is 6.51. The Morgan fingerprint density at radius 2 is 2.09 bits per heavy atom. The molecule has 1 amide bonds. The van der Waals surface area contributed by atoms with E-state index in [9.17, 15) is 4.79 Å². The minimum Gasteiger partial charge on any atom is -0.485 e. The first kappa shape index (κ1) is 18.9. The van der Waals surface area contributed by atoms with E-state index in [4.69, 9.17) is 15.0 Å². The normalized spacial score (nSPS) is 11.4. The van der Waals surface area contributed by atoms with Crippen LogP contribution in [-0.2, 0) is 11.4 Å². The molecule has 8 heteroatoms. The quantitative estimate of drug-likeness (QED) is 0.802. The SMILES string of the molecule is CCCC(N)C(=O)Nc1ccc(OCc2noc(C)n2)cc1.Cl. The largest absolute Gasteiger partial charge is 0.485 e. The van der Waals surface area contributed by atoms with Crippen molar-refractivity contribution in [1.29, 1.82) is 0 Å². The summed E-state index contributed by atoms with van der Waals surface area (Å²) in [6, 6.07) is 6.55. The molecule has 0 aliphatic heterocycles. The number of hydrogen-bond acceptors (Lipinski definition) is 6. The Hall–Kier alpha value is -2.12. The summed E-state index contributed by atoms with van der Waals surface area (Å²) in [4.78, 5) is 15.9. The summed E-state index contributed by atoms with van der Waals surface area (Å²) in [6.45, 7) is 3.94. The van der Waals surface area contributed by atoms with E-state index in [0.717, 1.165) is 6.42 Å². The van der Waals surface area contributed by atoms with Gasteiger partial charge in [0, 0.05) is 12.6 Å². The first-order valence-corrected chi connectivity index (χ1v) is 7.17. The molecule has 126 valence electrons. The molecule has 1 heterocycles. The molecule has 0 bridgehead atoms. The molecule has 1 aromatic heterocycles. The van der Waals surface area contributed by atoms with Crippen molar-refractivity contribution in [2.24, 2.45) is 5.73 Å². The number of anilines is 1. The molecule has 2 rings (SSSR count). The van der Waals surface area contributed by atoms with Gasteiger partial charge < -0.3 is 20.3 Å². The first-order chi connectivity index (χ1) is 10.6. The van der Waals surface area contributed by atoms with Crippen LogP contribution in [0.3, 0.4) is 0 Å². The average Bonchev–Trinajstić information content (AvgIpc) is 2.92. The third kappa shape index (κ3) is 5.88. The molecule has 2 aromatic rings. The van der Waals surface area contributed by atoms with Crippen LogP contribution in [-0.4, -0.2) is 22.1 Å². The molecule has 7 nitrogen and oxygen atoms in total. The van der Waals surface area contributed by atoms with Gasteiger partial charge in [0.25, 0.3) is 0 Å². The van der Waals surface area contributed by atoms with E-state index in [1.807, 2.05) is 6.92 Å². The van der Waals surface area contributed by atoms with Crippen molar-refractivity contribution in [3.8, 4) is 5.75 Å². The maximum Gasteiger partial charge on any atom is 0.241 e. The van der Waals surface area contributed by atoms with Crippen LogP contribution in [0.4, 0.5) is 5.69 Å². The highest BCUT2D eigenvalue weighted by molar-refractivity contribution is 5.94. The number of nitrogens with one attached hydrogen (secondary N) is 1. The monoisotopic (exact) mass is 340 g/mol. The molecule has 0 aliphatic rings. The van der Waals surface area contributed by atoms with Gasteiger partial charge in [0.15, 0.2) is 6.61 Å². The number of nitrogens with two attached hydrogens (primary N) is 1. The van der Waals surface area contributed by atoms with Crippen LogP contribution < -0.4 is 15.8 Å². The van der Waals surface area contributed by atoms with E-state index in [-0.39, 0.29) is 24.9 Å². The fraction of sp³-hybridized carbons (Fsp3) is 0.400. The maximum absolute atomic E-state index is 11.8. The van der Waals surface area contributed by atoms with Crippen molar-refractivity contribution in [3.63, 3.8) is 0 Å². The number of benzene rings is 1. The zero-order valence-corrected chi connectivity index (χ0v) is 13.9. The van der Waals surface area contributed by atoms with Crippen LogP contribution in [0.25, 0.3) is 0 Å². The molecular weight excluding hydrogens is 320 g/mol. The van der Waals surface area contributed by atoms with Crippen LogP contribution in [0, 0.1) is 6.92 Å². The molecule has 1 aromatic carbocycles. The van der Waals surface area contributed by atoms with Gasteiger partial charge in [-0.3, -0.25) is 4.79 Å². The third-order valence-electron chi connectivity index (χ3n) is 3.00. The molecular formula is C15H21ClN4O3. The summed E-state index contributed by atoms with van der Waals surface area (Å²) in [5.74, 6) is 1.46. The predicted octanol–water partition coefficient (Wildman–Crippen LogP) is 2.44. The van der Waals surface area contributed by atoms with Crippen LogP contribution in [0.15, 0.2) is 28.8 Å². The topological polar surface area (TPSA) is 103 Å². The molecule has 0 radical (unpaired) electrons. The lowest BCUT2D eigenvalue weighted by Gasteiger charge is -2.11. The first-order valence-electron chi connectivity index (χ1n) is 7.17. The minimum atomic E-state index is -0.484. The van der Waals surface area contributed by atoms with Gasteiger partial charge in [-0.05, 0) is 30.7 Å². The molecule has 0 fully saturated rings. The van der Waals surface area contributed by atoms with Gasteiger partial charge in [-0.2, -0.15) is 4.98 Å². The number of aryl methyl sites for hydroxylation is 1. The fourth-order valence-corrected chi connectivity index (χ4v) is 1.86. The number of aromatic nitrogens is 2. The molecule has 0 saturated carbocycles. The number of carbonyl (C=O) groups excluding carboxylic acids is 1. The average molecular weight is 341 g/mol. The fourth-order valence-electron chi connectivity index (χ4n) is 1.86. The Bertz CT molecular complexity index is 615. The summed E-state index contributed by atoms with van der Waals surface area (Å²) in [6.07, 6.45) is 1.54. The Balaban J connectivity index is 0.00000264. The van der Waals surface area contributed by atoms with Crippen molar-refractivity contribution < 1.29 is 14.1 Å². The second-order valence-corrected chi connectivity index (χ2v) is 4.93. The van der Waals surface area contributed by atoms with Crippen LogP contribution in [0.5, 0.6) is 5.75 Å². The second-order valence-electron chi connectivity index (χ2n) is 4.93. The summed E-state index contributed by atoms with van der Waals surface area (Å²) in [7, 11) is 0. The molecule has 0 spiro atoms. The Labute approximate surface area is 141 Å². The molecule has 0 aliphatic carbocycles. The number of hydrogen-bond donors (Lipinski definition) is 2. The van der Waals surface area contributed by atoms with E-state index in [1.54, 1.807) is 31.2 Å². The minimum absolute atomic E-state index is 0. The van der Waals surface area contributed by atoms with E-state index in [2.05, 4.69) is 15.5 Å². The number of carbonyl (C=O) groups is 1. The number of nitrogens with zero attached hydrogens (tertiary/aromatic N) is 2. The standard InChI is InChI=1S/C15H20N4O3.ClH/c1-3-4-13(16)15(20)18-11-5-7-12(8-6-11)21-9-14-17-10(2)22-19-14;/h5-8,13H,3-4,9,16H2,1-2H3,(H,18,20);1H. The van der Waals surface area contributed by atoms with Crippen molar-refractivity contribution in [3.05, 3.63) is 36.0 Å². The summed E-state index contributed by atoms with van der Waals surface area (Å²) in [5.41, 5.74) is 6.44. The van der Waals surface area contributed by atoms with E-state index >= 15 is 0 Å². The Morgan fingerprint density at radius 3 is 2.65 bits per heavy atom. The van der Waals surface area contributed by atoms with Gasteiger partial charge in [-0.1, -0.05) is 18.5 Å². The Kier molecular flexibility index (Phi) is 7.50. The van der Waals surface area contributed by atoms with Gasteiger partial charge in [0.1, 0.15) is 5.75 Å². The third-order valence-corrected chi connectivity index (χ3v) is 3.00. The molecule has 1 atom stereocenters. The number of rotatable bonds is 7. The van der Waals surface area contributed by atoms with E-state index in [1.165, 1.54) is 0 Å². The summed E-state index contributed by atoms with van der Waals surface area (Å²) < 4.78 is 10.4. The van der Waals surface area contributed by atoms with Gasteiger partial charge in [-0.25, -0.2) is 0 Å². The molecule has 1 unspecified atom stereocenters. The Morgan fingerprint density at radius 1 is 1.39 bits per heavy atom. The lowest BCUT2D eigenvalue weighted by atomic mass is 10.1. The van der Waals surface area contributed by atoms with Gasteiger partial charge >= 0.3 is 0 Å². The van der Waals surface area contributed by atoms with E-state index in [0.29, 0.717) is 29.6 Å². The van der Waals surface area contributed by atoms with Gasteiger partial charge in [-0.15, -0.1) is 12.4 Å². The molecule has 23 heavy (non-hydrogen) atoms. The van der Waals surface area contributed by atoms with Gasteiger partial charge in [0.2, 0.25) is 17.6 Å². The molecule has 3 N–H and O–H groups in total. The predicted molar refractivity (Wildman–Crippen MR) is 88.6 cm³/mol. The van der Waals surface area contributed by atoms with Crippen LogP contribution in [0.2, 0.25) is 0 Å². The zero-order valence-electron chi connectivity index (χ0n) is 13.1. The number of ether oxygens (including phenoxy) is 1. The van der Waals surface area contributed by atoms with Crippen LogP contribution in [0.1, 0.15) is 31.5 Å². The highest BCUT2D eigenvalue weighted by Gasteiger charge is 2.12. The smallest absolute Gasteiger partial charge is 0.241 e. The van der Waals surface area contributed by atoms with Crippen molar-refractivity contribution in [2.45, 2.75) is 39.3 Å². The summed E-state index contributed by atoms with van der Waals surface area (Å²) >= 11 is 0. The highest BCUT2D eigenvalue weighted by Crippen LogP contribution is 2.17. The van der Waals surface area contributed by atoms with Crippen molar-refractivity contribution >= 4 is 24.0 Å². The second kappa shape index (κ2) is 9.12. The van der Waals surface area contributed by atoms with Crippen LogP contribution >= 0.6 is 12.4 Å². The maximum atomic E-state index is 11.8. The van der Waals surface area contributed by atoms with Crippen molar-refractivity contribution in [2.75, 3.05) is 5.32 Å². The lowest BCUT2D eigenvalue weighted by molar-refractivity contribution is -0.117. The van der Waals surface area contributed by atoms with E-state index < -0.39 is 6.04 Å². The highest BCUT2D eigenvalue weighted by atomic mass is 35.5.